The summed E-state index contributed by atoms with van der Waals surface area (Å²) < 4.78 is 1.36. The fourth-order valence-corrected chi connectivity index (χ4v) is 2.29. The third-order valence-corrected chi connectivity index (χ3v) is 3.28. The second-order valence-electron chi connectivity index (χ2n) is 5.13. The number of hydrogen-bond donors (Lipinski definition) is 0. The summed E-state index contributed by atoms with van der Waals surface area (Å²) in [4.78, 5) is 12.2. The highest BCUT2D eigenvalue weighted by atomic mass is 16.1. The number of nitrogens with zero attached hydrogens (tertiary/aromatic N) is 4. The summed E-state index contributed by atoms with van der Waals surface area (Å²) >= 11 is 0. The topological polar surface area (TPSA) is 59.6 Å². The van der Waals surface area contributed by atoms with E-state index in [1.807, 2.05) is 44.2 Å². The second-order valence-corrected chi connectivity index (χ2v) is 5.13. The summed E-state index contributed by atoms with van der Waals surface area (Å²) in [6.45, 7) is 3.77. The number of benzene rings is 1. The molecule has 0 radical (unpaired) electrons. The van der Waals surface area contributed by atoms with Crippen molar-refractivity contribution in [3.05, 3.63) is 46.2 Å². The normalized spacial score (nSPS) is 15.5. The van der Waals surface area contributed by atoms with Gasteiger partial charge in [-0.3, -0.25) is 4.79 Å². The van der Waals surface area contributed by atoms with Crippen molar-refractivity contribution in [3.8, 4) is 11.3 Å². The van der Waals surface area contributed by atoms with Crippen LogP contribution in [0.1, 0.15) is 19.4 Å². The molecule has 5 heteroatoms. The maximum Gasteiger partial charge on any atom is 0.274 e. The summed E-state index contributed by atoms with van der Waals surface area (Å²) in [5, 5.41) is 12.7. The van der Waals surface area contributed by atoms with Crippen LogP contribution in [0.25, 0.3) is 11.3 Å². The summed E-state index contributed by atoms with van der Waals surface area (Å²) in [7, 11) is 1.66. The average Bonchev–Trinajstić information content (AvgIpc) is 2.71. The zero-order valence-corrected chi connectivity index (χ0v) is 11.1. The highest BCUT2D eigenvalue weighted by Crippen LogP contribution is 2.42. The Morgan fingerprint density at radius 3 is 2.53 bits per heavy atom. The quantitative estimate of drug-likeness (QED) is 0.785. The van der Waals surface area contributed by atoms with Gasteiger partial charge in [0.2, 0.25) is 0 Å². The summed E-state index contributed by atoms with van der Waals surface area (Å²) in [6.07, 6.45) is 0. The zero-order valence-electron chi connectivity index (χ0n) is 11.1. The summed E-state index contributed by atoms with van der Waals surface area (Å²) in [6, 6.07) is 9.72. The molecule has 3 rings (SSSR count). The van der Waals surface area contributed by atoms with Crippen LogP contribution in [0.15, 0.2) is 45.4 Å². The van der Waals surface area contributed by atoms with Gasteiger partial charge in [0, 0.05) is 12.6 Å². The van der Waals surface area contributed by atoms with Gasteiger partial charge in [0.15, 0.2) is 0 Å². The monoisotopic (exact) mass is 254 g/mol. The van der Waals surface area contributed by atoms with E-state index in [1.165, 1.54) is 4.68 Å². The number of azo groups is 1. The lowest BCUT2D eigenvalue weighted by Gasteiger charge is -2.14. The molecule has 0 bridgehead atoms. The second kappa shape index (κ2) is 3.85. The molecule has 2 heterocycles. The van der Waals surface area contributed by atoms with Gasteiger partial charge < -0.3 is 0 Å². The van der Waals surface area contributed by atoms with Crippen LogP contribution in [-0.4, -0.2) is 9.78 Å². The maximum atomic E-state index is 12.2. The molecule has 0 aliphatic carbocycles. The largest absolute Gasteiger partial charge is 0.274 e. The minimum Gasteiger partial charge on any atom is -0.267 e. The molecule has 1 aliphatic heterocycles. The van der Waals surface area contributed by atoms with Crippen molar-refractivity contribution in [3.63, 3.8) is 0 Å². The van der Waals surface area contributed by atoms with Gasteiger partial charge >= 0.3 is 0 Å². The number of aryl methyl sites for hydroxylation is 1. The fraction of sp³-hybridized carbons (Fsp3) is 0.286. The first-order chi connectivity index (χ1) is 9.00. The van der Waals surface area contributed by atoms with Crippen LogP contribution in [0.4, 0.5) is 5.69 Å². The molecule has 0 saturated carbocycles. The van der Waals surface area contributed by atoms with Gasteiger partial charge in [-0.25, -0.2) is 4.68 Å². The molecule has 0 amide bonds. The van der Waals surface area contributed by atoms with Crippen molar-refractivity contribution in [1.29, 1.82) is 0 Å². The average molecular weight is 254 g/mol. The predicted octanol–water partition coefficient (Wildman–Crippen LogP) is 2.78. The molecule has 1 aliphatic rings. The van der Waals surface area contributed by atoms with E-state index in [-0.39, 0.29) is 5.56 Å². The van der Waals surface area contributed by atoms with Crippen LogP contribution in [-0.2, 0) is 12.6 Å². The molecule has 0 atom stereocenters. The fourth-order valence-electron chi connectivity index (χ4n) is 2.29. The molecule has 1 aromatic heterocycles. The van der Waals surface area contributed by atoms with Gasteiger partial charge in [0.05, 0.1) is 5.56 Å². The first kappa shape index (κ1) is 11.8. The number of hydrogen-bond acceptors (Lipinski definition) is 4. The molecule has 1 aromatic carbocycles. The molecule has 0 N–H and O–H groups in total. The van der Waals surface area contributed by atoms with E-state index in [1.54, 1.807) is 7.05 Å². The van der Waals surface area contributed by atoms with Crippen molar-refractivity contribution in [2.75, 3.05) is 0 Å². The van der Waals surface area contributed by atoms with Gasteiger partial charge in [-0.05, 0) is 13.8 Å². The van der Waals surface area contributed by atoms with Crippen LogP contribution in [0.5, 0.6) is 0 Å². The Bertz CT molecular complexity index is 729. The predicted molar refractivity (Wildman–Crippen MR) is 72.5 cm³/mol. The maximum absolute atomic E-state index is 12.2. The van der Waals surface area contributed by atoms with Gasteiger partial charge in [0.25, 0.3) is 5.56 Å². The molecule has 96 valence electrons. The van der Waals surface area contributed by atoms with Crippen molar-refractivity contribution in [2.24, 2.45) is 17.3 Å². The molecular formula is C14H14N4O. The lowest BCUT2D eigenvalue weighted by molar-refractivity contribution is 0.538. The van der Waals surface area contributed by atoms with Gasteiger partial charge in [-0.15, -0.1) is 0 Å². The van der Waals surface area contributed by atoms with E-state index in [4.69, 9.17) is 0 Å². The third kappa shape index (κ3) is 1.69. The van der Waals surface area contributed by atoms with Crippen LogP contribution in [0.2, 0.25) is 0 Å². The van der Waals surface area contributed by atoms with E-state index < -0.39 is 5.54 Å². The van der Waals surface area contributed by atoms with E-state index in [2.05, 4.69) is 15.3 Å². The number of aromatic nitrogens is 2. The molecule has 0 spiro atoms. The Morgan fingerprint density at radius 1 is 1.16 bits per heavy atom. The van der Waals surface area contributed by atoms with E-state index in [0.29, 0.717) is 16.9 Å². The van der Waals surface area contributed by atoms with Crippen molar-refractivity contribution < 1.29 is 0 Å². The highest BCUT2D eigenvalue weighted by molar-refractivity contribution is 5.75. The first-order valence-corrected chi connectivity index (χ1v) is 6.11. The molecule has 5 nitrogen and oxygen atoms in total. The number of fused-ring (bicyclic) bond motifs is 1. The van der Waals surface area contributed by atoms with Crippen LogP contribution < -0.4 is 5.56 Å². The molecule has 0 fully saturated rings. The van der Waals surface area contributed by atoms with Crippen LogP contribution >= 0.6 is 0 Å². The van der Waals surface area contributed by atoms with Crippen molar-refractivity contribution in [1.82, 2.24) is 9.78 Å². The van der Waals surface area contributed by atoms with Crippen molar-refractivity contribution in [2.45, 2.75) is 19.4 Å². The standard InChI is InChI=1S/C14H14N4O/c1-14(2)10-12(15-17-14)11(16-18(3)13(10)19)9-7-5-4-6-8-9/h4-8H,1-3H3. The highest BCUT2D eigenvalue weighted by Gasteiger charge is 2.35. The minimum absolute atomic E-state index is 0.135. The SMILES string of the molecule is Cn1nc(-c2ccccc2)c2c(c1=O)C(C)(C)N=N2. The molecule has 0 unspecified atom stereocenters. The molecular weight excluding hydrogens is 240 g/mol. The number of rotatable bonds is 1. The molecule has 19 heavy (non-hydrogen) atoms. The Hall–Kier alpha value is -2.30. The third-order valence-electron chi connectivity index (χ3n) is 3.28. The summed E-state index contributed by atoms with van der Waals surface area (Å²) in [5.41, 5.74) is 2.13. The molecule has 0 saturated heterocycles. The van der Waals surface area contributed by atoms with Gasteiger partial charge in [-0.1, -0.05) is 30.3 Å². The van der Waals surface area contributed by atoms with Crippen molar-refractivity contribution >= 4 is 5.69 Å². The van der Waals surface area contributed by atoms with E-state index in [0.717, 1.165) is 5.56 Å². The zero-order chi connectivity index (χ0) is 13.6. The Labute approximate surface area is 110 Å². The van der Waals surface area contributed by atoms with E-state index in [9.17, 15) is 4.79 Å². The first-order valence-electron chi connectivity index (χ1n) is 6.11. The van der Waals surface area contributed by atoms with Gasteiger partial charge in [0.1, 0.15) is 16.9 Å². The summed E-state index contributed by atoms with van der Waals surface area (Å²) in [5.74, 6) is 0. The van der Waals surface area contributed by atoms with Gasteiger partial charge in [-0.2, -0.15) is 15.3 Å². The lowest BCUT2D eigenvalue weighted by Crippen LogP contribution is -2.29. The molecule has 2 aromatic rings. The minimum atomic E-state index is -0.587. The Morgan fingerprint density at radius 2 is 1.84 bits per heavy atom. The smallest absolute Gasteiger partial charge is 0.267 e. The Kier molecular flexibility index (Phi) is 2.38. The lowest BCUT2D eigenvalue weighted by atomic mass is 9.95. The van der Waals surface area contributed by atoms with E-state index >= 15 is 0 Å². The van der Waals surface area contributed by atoms with Crippen LogP contribution in [0.3, 0.4) is 0 Å². The Balaban J connectivity index is 2.36. The van der Waals surface area contributed by atoms with Crippen LogP contribution in [0, 0.1) is 0 Å².